The van der Waals surface area contributed by atoms with Crippen molar-refractivity contribution in [3.05, 3.63) is 42.1 Å². The monoisotopic (exact) mass is 295 g/mol. The standard InChI is InChI=1S/C15H14BN3O3/c1-21-15(20)12-6-7-14(18-17-12)19-8-10(9-19)22-13-5-3-2-4-11(13)16/h2-7,10H,8-9H2,1H3. The van der Waals surface area contributed by atoms with Crippen LogP contribution in [0.3, 0.4) is 0 Å². The molecule has 0 spiro atoms. The smallest absolute Gasteiger partial charge is 0.358 e. The Kier molecular flexibility index (Phi) is 3.95. The number of benzene rings is 1. The average Bonchev–Trinajstić information content (AvgIpc) is 2.51. The summed E-state index contributed by atoms with van der Waals surface area (Å²) >= 11 is 0. The van der Waals surface area contributed by atoms with Gasteiger partial charge in [-0.1, -0.05) is 23.7 Å². The molecule has 1 aliphatic rings. The molecule has 1 saturated heterocycles. The summed E-state index contributed by atoms with van der Waals surface area (Å²) in [5.41, 5.74) is 0.819. The first kappa shape index (κ1) is 14.4. The van der Waals surface area contributed by atoms with Gasteiger partial charge < -0.3 is 14.4 Å². The van der Waals surface area contributed by atoms with E-state index in [0.717, 1.165) is 0 Å². The highest BCUT2D eigenvalue weighted by molar-refractivity contribution is 6.34. The third-order valence-electron chi connectivity index (χ3n) is 3.43. The largest absolute Gasteiger partial charge is 0.487 e. The minimum Gasteiger partial charge on any atom is -0.487 e. The van der Waals surface area contributed by atoms with Crippen LogP contribution in [0.15, 0.2) is 36.4 Å². The molecule has 2 radical (unpaired) electrons. The van der Waals surface area contributed by atoms with E-state index < -0.39 is 5.97 Å². The summed E-state index contributed by atoms with van der Waals surface area (Å²) in [6.07, 6.45) is 0.0618. The van der Waals surface area contributed by atoms with E-state index in [-0.39, 0.29) is 11.8 Å². The van der Waals surface area contributed by atoms with Gasteiger partial charge in [-0.05, 0) is 18.2 Å². The number of carbonyl (C=O) groups is 1. The molecule has 1 fully saturated rings. The normalized spacial score (nSPS) is 14.3. The number of hydrogen-bond donors (Lipinski definition) is 0. The minimum atomic E-state index is -0.497. The second kappa shape index (κ2) is 6.05. The summed E-state index contributed by atoms with van der Waals surface area (Å²) in [4.78, 5) is 13.3. The lowest BCUT2D eigenvalue weighted by Gasteiger charge is -2.39. The molecule has 0 aliphatic carbocycles. The van der Waals surface area contributed by atoms with Crippen LogP contribution < -0.4 is 15.1 Å². The molecule has 22 heavy (non-hydrogen) atoms. The average molecular weight is 295 g/mol. The SMILES string of the molecule is [B]c1ccccc1OC1CN(c2ccc(C(=O)OC)nn2)C1. The number of methoxy groups -OCH3 is 1. The zero-order valence-corrected chi connectivity index (χ0v) is 12.1. The summed E-state index contributed by atoms with van der Waals surface area (Å²) in [5, 5.41) is 7.87. The molecule has 6 nitrogen and oxygen atoms in total. The van der Waals surface area contributed by atoms with Crippen molar-refractivity contribution in [3.8, 4) is 5.75 Å². The van der Waals surface area contributed by atoms with Crippen LogP contribution in [0.25, 0.3) is 0 Å². The number of rotatable bonds is 4. The molecular weight excluding hydrogens is 281 g/mol. The Morgan fingerprint density at radius 3 is 2.64 bits per heavy atom. The Labute approximate surface area is 129 Å². The fraction of sp³-hybridized carbons (Fsp3) is 0.267. The van der Waals surface area contributed by atoms with Crippen LogP contribution in [0.5, 0.6) is 5.75 Å². The molecule has 0 amide bonds. The predicted molar refractivity (Wildman–Crippen MR) is 81.8 cm³/mol. The molecule has 0 atom stereocenters. The summed E-state index contributed by atoms with van der Waals surface area (Å²) in [7, 11) is 7.16. The summed E-state index contributed by atoms with van der Waals surface area (Å²) in [6, 6.07) is 10.8. The van der Waals surface area contributed by atoms with E-state index in [0.29, 0.717) is 30.1 Å². The van der Waals surface area contributed by atoms with E-state index in [9.17, 15) is 4.79 Å². The second-order valence-corrected chi connectivity index (χ2v) is 4.95. The van der Waals surface area contributed by atoms with Crippen molar-refractivity contribution in [2.24, 2.45) is 0 Å². The third kappa shape index (κ3) is 2.88. The van der Waals surface area contributed by atoms with Crippen LogP contribution in [0.1, 0.15) is 10.5 Å². The Balaban J connectivity index is 1.57. The Hall–Kier alpha value is -2.57. The van der Waals surface area contributed by atoms with Gasteiger partial charge in [0, 0.05) is 0 Å². The molecule has 3 rings (SSSR count). The van der Waals surface area contributed by atoms with Gasteiger partial charge in [-0.2, -0.15) is 0 Å². The molecule has 110 valence electrons. The van der Waals surface area contributed by atoms with Gasteiger partial charge in [-0.25, -0.2) is 4.79 Å². The number of para-hydroxylation sites is 1. The first-order valence-corrected chi connectivity index (χ1v) is 6.85. The summed E-state index contributed by atoms with van der Waals surface area (Å²) in [6.45, 7) is 1.39. The van der Waals surface area contributed by atoms with E-state index in [2.05, 4.69) is 14.9 Å². The number of ether oxygens (including phenoxy) is 2. The second-order valence-electron chi connectivity index (χ2n) is 4.95. The van der Waals surface area contributed by atoms with E-state index in [1.807, 2.05) is 29.2 Å². The van der Waals surface area contributed by atoms with Crippen LogP contribution >= 0.6 is 0 Å². The van der Waals surface area contributed by atoms with Crippen molar-refractivity contribution < 1.29 is 14.3 Å². The van der Waals surface area contributed by atoms with Crippen LogP contribution in [0.4, 0.5) is 5.82 Å². The number of hydrogen-bond acceptors (Lipinski definition) is 6. The van der Waals surface area contributed by atoms with Gasteiger partial charge in [-0.3, -0.25) is 0 Å². The minimum absolute atomic E-state index is 0.0618. The topological polar surface area (TPSA) is 64.5 Å². The lowest BCUT2D eigenvalue weighted by Crippen LogP contribution is -2.54. The first-order valence-electron chi connectivity index (χ1n) is 6.85. The van der Waals surface area contributed by atoms with Gasteiger partial charge >= 0.3 is 5.97 Å². The highest BCUT2D eigenvalue weighted by atomic mass is 16.5. The molecule has 0 N–H and O–H groups in total. The van der Waals surface area contributed by atoms with Gasteiger partial charge in [0.15, 0.2) is 11.5 Å². The maximum absolute atomic E-state index is 11.3. The van der Waals surface area contributed by atoms with Crippen molar-refractivity contribution in [3.63, 3.8) is 0 Å². The van der Waals surface area contributed by atoms with E-state index in [1.165, 1.54) is 7.11 Å². The van der Waals surface area contributed by atoms with Crippen LogP contribution in [0, 0.1) is 0 Å². The van der Waals surface area contributed by atoms with Crippen molar-refractivity contribution in [1.82, 2.24) is 10.2 Å². The summed E-state index contributed by atoms with van der Waals surface area (Å²) in [5.74, 6) is 0.899. The maximum atomic E-state index is 11.3. The fourth-order valence-corrected chi connectivity index (χ4v) is 2.17. The molecule has 7 heteroatoms. The van der Waals surface area contributed by atoms with Crippen molar-refractivity contribution in [2.45, 2.75) is 6.10 Å². The third-order valence-corrected chi connectivity index (χ3v) is 3.43. The number of nitrogens with zero attached hydrogens (tertiary/aromatic N) is 3. The number of carbonyl (C=O) groups excluding carboxylic acids is 1. The quantitative estimate of drug-likeness (QED) is 0.598. The molecule has 2 aromatic rings. The first-order chi connectivity index (χ1) is 10.7. The molecule has 0 unspecified atom stereocenters. The zero-order chi connectivity index (χ0) is 15.5. The lowest BCUT2D eigenvalue weighted by atomic mass is 9.95. The molecule has 1 aromatic carbocycles. The lowest BCUT2D eigenvalue weighted by molar-refractivity contribution is 0.0592. The van der Waals surface area contributed by atoms with Gasteiger partial charge in [0.25, 0.3) is 0 Å². The molecule has 1 aliphatic heterocycles. The molecule has 1 aromatic heterocycles. The van der Waals surface area contributed by atoms with Crippen molar-refractivity contribution >= 4 is 25.1 Å². The van der Waals surface area contributed by atoms with Gasteiger partial charge in [-0.15, -0.1) is 10.2 Å². The number of esters is 1. The van der Waals surface area contributed by atoms with Crippen molar-refractivity contribution in [2.75, 3.05) is 25.1 Å². The van der Waals surface area contributed by atoms with E-state index in [4.69, 9.17) is 12.6 Å². The fourth-order valence-electron chi connectivity index (χ4n) is 2.17. The Bertz CT molecular complexity index is 672. The van der Waals surface area contributed by atoms with Gasteiger partial charge in [0.2, 0.25) is 0 Å². The van der Waals surface area contributed by atoms with Crippen LogP contribution in [-0.2, 0) is 4.74 Å². The zero-order valence-electron chi connectivity index (χ0n) is 12.1. The van der Waals surface area contributed by atoms with Gasteiger partial charge in [0.05, 0.1) is 20.2 Å². The number of anilines is 1. The molecular formula is C15H14BN3O3. The van der Waals surface area contributed by atoms with E-state index >= 15 is 0 Å². The molecule has 2 heterocycles. The highest BCUT2D eigenvalue weighted by Gasteiger charge is 2.30. The predicted octanol–water partition coefficient (Wildman–Crippen LogP) is 0.325. The Morgan fingerprint density at radius 1 is 1.23 bits per heavy atom. The van der Waals surface area contributed by atoms with Crippen LogP contribution in [0.2, 0.25) is 0 Å². The van der Waals surface area contributed by atoms with Crippen molar-refractivity contribution in [1.29, 1.82) is 0 Å². The highest BCUT2D eigenvalue weighted by Crippen LogP contribution is 2.21. The van der Waals surface area contributed by atoms with Gasteiger partial charge in [0.1, 0.15) is 19.7 Å². The van der Waals surface area contributed by atoms with E-state index in [1.54, 1.807) is 12.1 Å². The van der Waals surface area contributed by atoms with Crippen LogP contribution in [-0.4, -0.2) is 50.3 Å². The molecule has 0 bridgehead atoms. The summed E-state index contributed by atoms with van der Waals surface area (Å²) < 4.78 is 10.4. The number of aromatic nitrogens is 2. The Morgan fingerprint density at radius 2 is 2.00 bits per heavy atom. The maximum Gasteiger partial charge on any atom is 0.358 e. The molecule has 0 saturated carbocycles.